The summed E-state index contributed by atoms with van der Waals surface area (Å²) in [7, 11) is 1.97. The van der Waals surface area contributed by atoms with E-state index < -0.39 is 0 Å². The number of aromatic nitrogens is 2. The number of aryl methyl sites for hydroxylation is 2. The first-order valence-electron chi connectivity index (χ1n) is 6.58. The van der Waals surface area contributed by atoms with E-state index in [0.717, 1.165) is 31.2 Å². The van der Waals surface area contributed by atoms with E-state index >= 15 is 0 Å². The molecule has 94 valence electrons. The summed E-state index contributed by atoms with van der Waals surface area (Å²) in [5.41, 5.74) is 2.43. The van der Waals surface area contributed by atoms with Crippen molar-refractivity contribution in [1.82, 2.24) is 15.1 Å². The Kier molecular flexibility index (Phi) is 2.92. The minimum absolute atomic E-state index is 0.465. The fourth-order valence-electron chi connectivity index (χ4n) is 2.78. The molecule has 0 bridgehead atoms. The maximum atomic E-state index is 5.83. The van der Waals surface area contributed by atoms with Crippen LogP contribution in [0.15, 0.2) is 6.20 Å². The van der Waals surface area contributed by atoms with E-state index in [0.29, 0.717) is 12.1 Å². The van der Waals surface area contributed by atoms with E-state index in [-0.39, 0.29) is 0 Å². The number of hydrogen-bond acceptors (Lipinski definition) is 3. The van der Waals surface area contributed by atoms with E-state index in [1.54, 1.807) is 0 Å². The Morgan fingerprint density at radius 2 is 2.29 bits per heavy atom. The normalized spacial score (nSPS) is 28.8. The zero-order valence-corrected chi connectivity index (χ0v) is 10.6. The molecule has 1 saturated carbocycles. The maximum Gasteiger partial charge on any atom is 0.0757 e. The van der Waals surface area contributed by atoms with Crippen LogP contribution in [0.2, 0.25) is 0 Å². The fraction of sp³-hybridized carbons (Fsp3) is 0.769. The SMILES string of the molecule is Cc1nn(C)cc1CNC1CCOC1C1CC1. The molecule has 1 N–H and O–H groups in total. The highest BCUT2D eigenvalue weighted by Crippen LogP contribution is 2.38. The van der Waals surface area contributed by atoms with Crippen LogP contribution >= 0.6 is 0 Å². The van der Waals surface area contributed by atoms with Crippen molar-refractivity contribution in [3.63, 3.8) is 0 Å². The summed E-state index contributed by atoms with van der Waals surface area (Å²) in [4.78, 5) is 0. The van der Waals surface area contributed by atoms with Crippen molar-refractivity contribution in [3.8, 4) is 0 Å². The van der Waals surface area contributed by atoms with Crippen LogP contribution in [0.4, 0.5) is 0 Å². The third-order valence-electron chi connectivity index (χ3n) is 3.89. The molecule has 0 radical (unpaired) electrons. The molecule has 2 fully saturated rings. The predicted octanol–water partition coefficient (Wildman–Crippen LogP) is 1.39. The highest BCUT2D eigenvalue weighted by molar-refractivity contribution is 5.15. The summed E-state index contributed by atoms with van der Waals surface area (Å²) < 4.78 is 7.71. The van der Waals surface area contributed by atoms with Crippen molar-refractivity contribution < 1.29 is 4.74 Å². The standard InChI is InChI=1S/C13H21N3O/c1-9-11(8-16(2)15-9)7-14-12-5-6-17-13(12)10-3-4-10/h8,10,12-14H,3-7H2,1-2H3. The van der Waals surface area contributed by atoms with Crippen molar-refractivity contribution >= 4 is 0 Å². The lowest BCUT2D eigenvalue weighted by Gasteiger charge is -2.19. The molecule has 0 spiro atoms. The number of rotatable bonds is 4. The summed E-state index contributed by atoms with van der Waals surface area (Å²) >= 11 is 0. The Bertz CT molecular complexity index is 397. The van der Waals surface area contributed by atoms with Crippen molar-refractivity contribution in [2.75, 3.05) is 6.61 Å². The second kappa shape index (κ2) is 4.42. The van der Waals surface area contributed by atoms with Gasteiger partial charge in [0.25, 0.3) is 0 Å². The molecule has 2 unspecified atom stereocenters. The first-order valence-corrected chi connectivity index (χ1v) is 6.58. The molecule has 17 heavy (non-hydrogen) atoms. The molecule has 1 aromatic rings. The lowest BCUT2D eigenvalue weighted by molar-refractivity contribution is 0.0808. The number of nitrogens with one attached hydrogen (secondary N) is 1. The Labute approximate surface area is 102 Å². The molecule has 2 atom stereocenters. The highest BCUT2D eigenvalue weighted by Gasteiger charge is 2.40. The monoisotopic (exact) mass is 235 g/mol. The average Bonchev–Trinajstić information content (AvgIpc) is 2.94. The first-order chi connectivity index (χ1) is 8.24. The topological polar surface area (TPSA) is 39.1 Å². The lowest BCUT2D eigenvalue weighted by Crippen LogP contribution is -2.37. The van der Waals surface area contributed by atoms with Crippen molar-refractivity contribution in [2.24, 2.45) is 13.0 Å². The van der Waals surface area contributed by atoms with Crippen molar-refractivity contribution in [2.45, 2.75) is 44.9 Å². The van der Waals surface area contributed by atoms with Crippen LogP contribution in [-0.2, 0) is 18.3 Å². The Hall–Kier alpha value is -0.870. The first kappa shape index (κ1) is 11.2. The molecule has 1 aliphatic carbocycles. The molecule has 0 aromatic carbocycles. The summed E-state index contributed by atoms with van der Waals surface area (Å²) in [6, 6.07) is 0.544. The van der Waals surface area contributed by atoms with Gasteiger partial charge in [0.1, 0.15) is 0 Å². The van der Waals surface area contributed by atoms with Crippen LogP contribution in [-0.4, -0.2) is 28.5 Å². The van der Waals surface area contributed by atoms with Gasteiger partial charge in [-0.3, -0.25) is 4.68 Å². The van der Waals surface area contributed by atoms with Crippen LogP contribution in [0.1, 0.15) is 30.5 Å². The second-order valence-electron chi connectivity index (χ2n) is 5.36. The van der Waals surface area contributed by atoms with Gasteiger partial charge in [0.2, 0.25) is 0 Å². The quantitative estimate of drug-likeness (QED) is 0.857. The molecule has 1 aliphatic heterocycles. The molecular weight excluding hydrogens is 214 g/mol. The Balaban J connectivity index is 1.58. The minimum Gasteiger partial charge on any atom is -0.376 e. The minimum atomic E-state index is 0.465. The molecule has 3 rings (SSSR count). The third-order valence-corrected chi connectivity index (χ3v) is 3.89. The van der Waals surface area contributed by atoms with Gasteiger partial charge in [0.15, 0.2) is 0 Å². The van der Waals surface area contributed by atoms with Crippen molar-refractivity contribution in [1.29, 1.82) is 0 Å². The molecule has 1 aromatic heterocycles. The third kappa shape index (κ3) is 2.38. The van der Waals surface area contributed by atoms with Gasteiger partial charge >= 0.3 is 0 Å². The van der Waals surface area contributed by atoms with Gasteiger partial charge < -0.3 is 10.1 Å². The van der Waals surface area contributed by atoms with E-state index in [2.05, 4.69) is 23.5 Å². The zero-order chi connectivity index (χ0) is 11.8. The van der Waals surface area contributed by atoms with E-state index in [4.69, 9.17) is 4.74 Å². The van der Waals surface area contributed by atoms with Crippen LogP contribution in [0.5, 0.6) is 0 Å². The van der Waals surface area contributed by atoms with Crippen LogP contribution in [0.25, 0.3) is 0 Å². The van der Waals surface area contributed by atoms with Gasteiger partial charge in [0.05, 0.1) is 11.8 Å². The highest BCUT2D eigenvalue weighted by atomic mass is 16.5. The molecule has 4 heteroatoms. The summed E-state index contributed by atoms with van der Waals surface area (Å²) in [6.45, 7) is 3.91. The van der Waals surface area contributed by atoms with Crippen LogP contribution < -0.4 is 5.32 Å². The van der Waals surface area contributed by atoms with Gasteiger partial charge in [-0.2, -0.15) is 5.10 Å². The number of nitrogens with zero attached hydrogens (tertiary/aromatic N) is 2. The second-order valence-corrected chi connectivity index (χ2v) is 5.36. The van der Waals surface area contributed by atoms with Gasteiger partial charge in [-0.15, -0.1) is 0 Å². The number of ether oxygens (including phenoxy) is 1. The molecule has 0 amide bonds. The van der Waals surface area contributed by atoms with Crippen LogP contribution in [0, 0.1) is 12.8 Å². The smallest absolute Gasteiger partial charge is 0.0757 e. The number of hydrogen-bond donors (Lipinski definition) is 1. The molecule has 1 saturated heterocycles. The van der Waals surface area contributed by atoms with E-state index in [1.807, 2.05) is 11.7 Å². The average molecular weight is 235 g/mol. The summed E-state index contributed by atoms with van der Waals surface area (Å²) in [5.74, 6) is 0.824. The zero-order valence-electron chi connectivity index (χ0n) is 10.6. The van der Waals surface area contributed by atoms with Gasteiger partial charge in [0, 0.05) is 38.0 Å². The van der Waals surface area contributed by atoms with Crippen molar-refractivity contribution in [3.05, 3.63) is 17.5 Å². The molecule has 2 aliphatic rings. The predicted molar refractivity (Wildman–Crippen MR) is 65.7 cm³/mol. The molecule has 4 nitrogen and oxygen atoms in total. The van der Waals surface area contributed by atoms with Crippen LogP contribution in [0.3, 0.4) is 0 Å². The van der Waals surface area contributed by atoms with Gasteiger partial charge in [-0.25, -0.2) is 0 Å². The maximum absolute atomic E-state index is 5.83. The molecule has 2 heterocycles. The Morgan fingerprint density at radius 1 is 1.47 bits per heavy atom. The van der Waals surface area contributed by atoms with Gasteiger partial charge in [-0.05, 0) is 32.1 Å². The van der Waals surface area contributed by atoms with E-state index in [9.17, 15) is 0 Å². The largest absolute Gasteiger partial charge is 0.376 e. The summed E-state index contributed by atoms with van der Waals surface area (Å²) in [6.07, 6.45) is 6.43. The molecular formula is C13H21N3O. The Morgan fingerprint density at radius 3 is 2.94 bits per heavy atom. The lowest BCUT2D eigenvalue weighted by atomic mass is 10.1. The summed E-state index contributed by atoms with van der Waals surface area (Å²) in [5, 5.41) is 8.01. The van der Waals surface area contributed by atoms with Gasteiger partial charge in [-0.1, -0.05) is 0 Å². The fourth-order valence-corrected chi connectivity index (χ4v) is 2.78. The van der Waals surface area contributed by atoms with E-state index in [1.165, 1.54) is 18.4 Å².